The topological polar surface area (TPSA) is 56.7 Å². The fraction of sp³-hybridized carbons (Fsp3) is 0. The van der Waals surface area contributed by atoms with Crippen molar-refractivity contribution in [2.75, 3.05) is 5.73 Å². The van der Waals surface area contributed by atoms with E-state index in [1.807, 2.05) is 65.3 Å². The van der Waals surface area contributed by atoms with Gasteiger partial charge in [-0.1, -0.05) is 59.9 Å². The lowest BCUT2D eigenvalue weighted by molar-refractivity contribution is 0.902. The van der Waals surface area contributed by atoms with Gasteiger partial charge in [0.2, 0.25) is 0 Å². The molecule has 0 bridgehead atoms. The van der Waals surface area contributed by atoms with Crippen molar-refractivity contribution >= 4 is 26.8 Å². The third kappa shape index (κ3) is 1.98. The maximum atomic E-state index is 5.90. The molecule has 0 amide bonds. The number of benzene rings is 2. The van der Waals surface area contributed by atoms with E-state index in [1.54, 1.807) is 0 Å². The summed E-state index contributed by atoms with van der Waals surface area (Å²) in [7, 11) is 0. The molecule has 0 aliphatic heterocycles. The van der Waals surface area contributed by atoms with Crippen molar-refractivity contribution in [2.24, 2.45) is 0 Å². The molecule has 0 aliphatic carbocycles. The van der Waals surface area contributed by atoms with Crippen LogP contribution < -0.4 is 5.73 Å². The van der Waals surface area contributed by atoms with Gasteiger partial charge in [0.1, 0.15) is 10.4 Å². The first-order valence-corrected chi connectivity index (χ1v) is 7.40. The highest BCUT2D eigenvalue weighted by atomic mass is 32.1. The molecule has 102 valence electrons. The Kier molecular flexibility index (Phi) is 2.72. The predicted molar refractivity (Wildman–Crippen MR) is 86.6 cm³/mol. The lowest BCUT2D eigenvalue weighted by Crippen LogP contribution is -1.97. The SMILES string of the molecule is Nc1nc2c(s1)c(-c1ccccc1)nn2-c1ccccc1. The molecule has 0 radical (unpaired) electrons. The zero-order valence-electron chi connectivity index (χ0n) is 11.1. The molecule has 0 fully saturated rings. The largest absolute Gasteiger partial charge is 0.375 e. The summed E-state index contributed by atoms with van der Waals surface area (Å²) in [4.78, 5) is 4.43. The number of nitrogens with zero attached hydrogens (tertiary/aromatic N) is 3. The Morgan fingerprint density at radius 1 is 0.905 bits per heavy atom. The van der Waals surface area contributed by atoms with Gasteiger partial charge in [0, 0.05) is 5.56 Å². The Labute approximate surface area is 125 Å². The van der Waals surface area contributed by atoms with Gasteiger partial charge in [-0.05, 0) is 12.1 Å². The summed E-state index contributed by atoms with van der Waals surface area (Å²) in [5.41, 5.74) is 9.67. The minimum Gasteiger partial charge on any atom is -0.375 e. The molecule has 2 aromatic carbocycles. The van der Waals surface area contributed by atoms with E-state index in [2.05, 4.69) is 4.98 Å². The molecular weight excluding hydrogens is 280 g/mol. The van der Waals surface area contributed by atoms with E-state index in [-0.39, 0.29) is 0 Å². The quantitative estimate of drug-likeness (QED) is 0.612. The van der Waals surface area contributed by atoms with Crippen LogP contribution in [0.2, 0.25) is 0 Å². The number of nitrogen functional groups attached to an aromatic ring is 1. The monoisotopic (exact) mass is 292 g/mol. The summed E-state index contributed by atoms with van der Waals surface area (Å²) in [6, 6.07) is 20.1. The third-order valence-electron chi connectivity index (χ3n) is 3.29. The highest BCUT2D eigenvalue weighted by Gasteiger charge is 2.17. The molecule has 0 saturated heterocycles. The molecule has 0 unspecified atom stereocenters. The number of fused-ring (bicyclic) bond motifs is 1. The predicted octanol–water partition coefficient (Wildman–Crippen LogP) is 3.73. The molecule has 2 heterocycles. The van der Waals surface area contributed by atoms with Crippen molar-refractivity contribution < 1.29 is 0 Å². The molecular formula is C16H12N4S. The molecule has 4 nitrogen and oxygen atoms in total. The minimum absolute atomic E-state index is 0.560. The second-order valence-corrected chi connectivity index (χ2v) is 5.70. The Bertz CT molecular complexity index is 822. The van der Waals surface area contributed by atoms with E-state index in [4.69, 9.17) is 10.8 Å². The van der Waals surface area contributed by atoms with Gasteiger partial charge < -0.3 is 5.73 Å². The first-order valence-electron chi connectivity index (χ1n) is 6.59. The lowest BCUT2D eigenvalue weighted by atomic mass is 10.2. The van der Waals surface area contributed by atoms with Crippen molar-refractivity contribution in [3.63, 3.8) is 0 Å². The Morgan fingerprint density at radius 3 is 2.29 bits per heavy atom. The van der Waals surface area contributed by atoms with Gasteiger partial charge >= 0.3 is 0 Å². The maximum absolute atomic E-state index is 5.90. The highest BCUT2D eigenvalue weighted by Crippen LogP contribution is 2.34. The molecule has 0 atom stereocenters. The third-order valence-corrected chi connectivity index (χ3v) is 4.17. The molecule has 2 N–H and O–H groups in total. The molecule has 4 aromatic rings. The number of nitrogens with two attached hydrogens (primary N) is 1. The minimum atomic E-state index is 0.560. The van der Waals surface area contributed by atoms with Crippen LogP contribution in [0.3, 0.4) is 0 Å². The molecule has 2 aromatic heterocycles. The van der Waals surface area contributed by atoms with Gasteiger partial charge in [0.25, 0.3) is 0 Å². The fourth-order valence-corrected chi connectivity index (χ4v) is 3.17. The van der Waals surface area contributed by atoms with Gasteiger partial charge in [-0.3, -0.25) is 0 Å². The van der Waals surface area contributed by atoms with Gasteiger partial charge in [-0.25, -0.2) is 9.67 Å². The van der Waals surface area contributed by atoms with Crippen LogP contribution in [0.15, 0.2) is 60.7 Å². The van der Waals surface area contributed by atoms with Crippen LogP contribution in [-0.2, 0) is 0 Å². The van der Waals surface area contributed by atoms with Crippen molar-refractivity contribution in [3.05, 3.63) is 60.7 Å². The van der Waals surface area contributed by atoms with Crippen LogP contribution in [0.1, 0.15) is 0 Å². The lowest BCUT2D eigenvalue weighted by Gasteiger charge is -2.01. The van der Waals surface area contributed by atoms with Crippen LogP contribution >= 0.6 is 11.3 Å². The van der Waals surface area contributed by atoms with Crippen LogP contribution in [0.4, 0.5) is 5.13 Å². The van der Waals surface area contributed by atoms with E-state index in [9.17, 15) is 0 Å². The van der Waals surface area contributed by atoms with Crippen LogP contribution in [0.25, 0.3) is 27.3 Å². The highest BCUT2D eigenvalue weighted by molar-refractivity contribution is 7.22. The zero-order valence-corrected chi connectivity index (χ0v) is 11.9. The average molecular weight is 292 g/mol. The van der Waals surface area contributed by atoms with E-state index in [0.717, 1.165) is 27.3 Å². The summed E-state index contributed by atoms with van der Waals surface area (Å²) in [5, 5.41) is 5.30. The number of hydrogen-bond acceptors (Lipinski definition) is 4. The Balaban J connectivity index is 2.01. The van der Waals surface area contributed by atoms with Gasteiger partial charge in [-0.15, -0.1) is 0 Å². The van der Waals surface area contributed by atoms with Gasteiger partial charge in [0.05, 0.1) is 5.69 Å². The number of para-hydroxylation sites is 1. The average Bonchev–Trinajstić information content (AvgIpc) is 3.06. The summed E-state index contributed by atoms with van der Waals surface area (Å²) < 4.78 is 2.87. The van der Waals surface area contributed by atoms with Crippen molar-refractivity contribution in [1.82, 2.24) is 14.8 Å². The zero-order chi connectivity index (χ0) is 14.2. The second-order valence-electron chi connectivity index (χ2n) is 4.67. The second kappa shape index (κ2) is 4.71. The molecule has 21 heavy (non-hydrogen) atoms. The molecule has 0 saturated carbocycles. The normalized spacial score (nSPS) is 11.0. The van der Waals surface area contributed by atoms with Crippen molar-refractivity contribution in [3.8, 4) is 16.9 Å². The number of hydrogen-bond donors (Lipinski definition) is 1. The smallest absolute Gasteiger partial charge is 0.182 e. The van der Waals surface area contributed by atoms with E-state index < -0.39 is 0 Å². The molecule has 0 aliphatic rings. The fourth-order valence-electron chi connectivity index (χ4n) is 2.35. The summed E-state index contributed by atoms with van der Waals surface area (Å²) >= 11 is 1.47. The molecule has 0 spiro atoms. The number of anilines is 1. The first kappa shape index (κ1) is 12.1. The van der Waals surface area contributed by atoms with Crippen molar-refractivity contribution in [1.29, 1.82) is 0 Å². The summed E-state index contributed by atoms with van der Waals surface area (Å²) in [6.45, 7) is 0. The number of thiazole rings is 1. The van der Waals surface area contributed by atoms with Crippen LogP contribution in [0, 0.1) is 0 Å². The number of rotatable bonds is 2. The Morgan fingerprint density at radius 2 is 1.57 bits per heavy atom. The van der Waals surface area contributed by atoms with Crippen LogP contribution in [-0.4, -0.2) is 14.8 Å². The first-order chi connectivity index (χ1) is 10.3. The Hall–Kier alpha value is -2.66. The summed E-state index contributed by atoms with van der Waals surface area (Å²) in [6.07, 6.45) is 0. The molecule has 4 rings (SSSR count). The van der Waals surface area contributed by atoms with Gasteiger partial charge in [-0.2, -0.15) is 5.10 Å². The van der Waals surface area contributed by atoms with Gasteiger partial charge in [0.15, 0.2) is 10.8 Å². The molecule has 5 heteroatoms. The van der Waals surface area contributed by atoms with Crippen molar-refractivity contribution in [2.45, 2.75) is 0 Å². The maximum Gasteiger partial charge on any atom is 0.182 e. The van der Waals surface area contributed by atoms with Crippen LogP contribution in [0.5, 0.6) is 0 Å². The number of aromatic nitrogens is 3. The van der Waals surface area contributed by atoms with E-state index in [0.29, 0.717) is 5.13 Å². The van der Waals surface area contributed by atoms with E-state index in [1.165, 1.54) is 11.3 Å². The van der Waals surface area contributed by atoms with E-state index >= 15 is 0 Å². The summed E-state index contributed by atoms with van der Waals surface area (Å²) in [5.74, 6) is 0. The standard InChI is InChI=1S/C16H12N4S/c17-16-18-15-14(21-16)13(11-7-3-1-4-8-11)19-20(15)12-9-5-2-6-10-12/h1-10H,(H2,17,18).